The molecule has 0 aliphatic heterocycles. The van der Waals surface area contributed by atoms with Crippen LogP contribution in [0.1, 0.15) is 12.0 Å². The van der Waals surface area contributed by atoms with Gasteiger partial charge in [-0.2, -0.15) is 0 Å². The van der Waals surface area contributed by atoms with Crippen molar-refractivity contribution >= 4 is 5.69 Å². The third-order valence-corrected chi connectivity index (χ3v) is 2.39. The van der Waals surface area contributed by atoms with Crippen LogP contribution in [0.4, 0.5) is 18.9 Å². The Hall–Kier alpha value is -1.97. The van der Waals surface area contributed by atoms with Gasteiger partial charge in [0.2, 0.25) is 0 Å². The number of alkyl halides is 2. The first-order valence-corrected chi connectivity index (χ1v) is 5.01. The third kappa shape index (κ3) is 2.58. The summed E-state index contributed by atoms with van der Waals surface area (Å²) in [6.45, 7) is 0. The molecule has 0 radical (unpaired) electrons. The van der Waals surface area contributed by atoms with Crippen LogP contribution in [0, 0.1) is 5.82 Å². The van der Waals surface area contributed by atoms with E-state index in [4.69, 9.17) is 5.73 Å². The fraction of sp³-hybridized carbons (Fsp3) is 0.0769. The van der Waals surface area contributed by atoms with E-state index in [-0.39, 0.29) is 11.3 Å². The van der Waals surface area contributed by atoms with E-state index in [9.17, 15) is 13.2 Å². The highest BCUT2D eigenvalue weighted by atomic mass is 19.3. The second-order valence-electron chi connectivity index (χ2n) is 3.70. The number of rotatable bonds is 2. The van der Waals surface area contributed by atoms with Crippen molar-refractivity contribution in [1.29, 1.82) is 0 Å². The van der Waals surface area contributed by atoms with Crippen molar-refractivity contribution in [3.63, 3.8) is 0 Å². The molecule has 0 aliphatic carbocycles. The highest BCUT2D eigenvalue weighted by Gasteiger charge is 2.10. The van der Waals surface area contributed by atoms with E-state index in [1.165, 1.54) is 30.3 Å². The molecule has 0 saturated carbocycles. The lowest BCUT2D eigenvalue weighted by Crippen LogP contribution is -1.92. The van der Waals surface area contributed by atoms with Gasteiger partial charge in [-0.3, -0.25) is 0 Å². The normalized spacial score (nSPS) is 10.8. The summed E-state index contributed by atoms with van der Waals surface area (Å²) in [5.41, 5.74) is 6.63. The molecule has 0 spiro atoms. The first-order valence-electron chi connectivity index (χ1n) is 5.01. The van der Waals surface area contributed by atoms with Crippen molar-refractivity contribution < 1.29 is 13.2 Å². The molecule has 0 amide bonds. The molecule has 88 valence electrons. The zero-order valence-electron chi connectivity index (χ0n) is 8.83. The summed E-state index contributed by atoms with van der Waals surface area (Å²) >= 11 is 0. The zero-order valence-corrected chi connectivity index (χ0v) is 8.83. The van der Waals surface area contributed by atoms with Crippen molar-refractivity contribution in [2.45, 2.75) is 6.43 Å². The Balaban J connectivity index is 2.52. The van der Waals surface area contributed by atoms with Gasteiger partial charge in [0.05, 0.1) is 0 Å². The summed E-state index contributed by atoms with van der Waals surface area (Å²) in [6.07, 6.45) is -2.59. The van der Waals surface area contributed by atoms with Crippen LogP contribution in [-0.2, 0) is 0 Å². The fourth-order valence-corrected chi connectivity index (χ4v) is 1.64. The smallest absolute Gasteiger partial charge is 0.263 e. The maximum atomic E-state index is 13.0. The van der Waals surface area contributed by atoms with Crippen LogP contribution in [0.25, 0.3) is 11.1 Å². The zero-order chi connectivity index (χ0) is 12.4. The van der Waals surface area contributed by atoms with Crippen molar-refractivity contribution in [2.75, 3.05) is 5.73 Å². The largest absolute Gasteiger partial charge is 0.399 e. The molecule has 0 unspecified atom stereocenters. The molecule has 0 saturated heterocycles. The molecule has 2 rings (SSSR count). The van der Waals surface area contributed by atoms with Gasteiger partial charge in [-0.25, -0.2) is 13.2 Å². The second kappa shape index (κ2) is 4.49. The lowest BCUT2D eigenvalue weighted by Gasteiger charge is -2.07. The Kier molecular flexibility index (Phi) is 3.04. The van der Waals surface area contributed by atoms with Crippen LogP contribution < -0.4 is 5.73 Å². The van der Waals surface area contributed by atoms with E-state index in [1.54, 1.807) is 12.1 Å². The molecular formula is C13H10F3N. The van der Waals surface area contributed by atoms with Crippen LogP contribution in [0.3, 0.4) is 0 Å². The van der Waals surface area contributed by atoms with E-state index < -0.39 is 12.2 Å². The van der Waals surface area contributed by atoms with Gasteiger partial charge in [-0.1, -0.05) is 12.1 Å². The van der Waals surface area contributed by atoms with Crippen LogP contribution in [-0.4, -0.2) is 0 Å². The minimum Gasteiger partial charge on any atom is -0.399 e. The van der Waals surface area contributed by atoms with Gasteiger partial charge in [-0.15, -0.1) is 0 Å². The quantitative estimate of drug-likeness (QED) is 0.784. The summed E-state index contributed by atoms with van der Waals surface area (Å²) in [6, 6.07) is 9.82. The highest BCUT2D eigenvalue weighted by molar-refractivity contribution is 5.68. The number of anilines is 1. The second-order valence-corrected chi connectivity index (χ2v) is 3.70. The van der Waals surface area contributed by atoms with E-state index in [1.807, 2.05) is 0 Å². The summed E-state index contributed by atoms with van der Waals surface area (Å²) in [5.74, 6) is -0.413. The lowest BCUT2D eigenvalue weighted by atomic mass is 10.0. The van der Waals surface area contributed by atoms with E-state index in [0.717, 1.165) is 0 Å². The molecular weight excluding hydrogens is 227 g/mol. The Morgan fingerprint density at radius 1 is 0.941 bits per heavy atom. The Labute approximate surface area is 96.7 Å². The number of nitrogens with two attached hydrogens (primary N) is 1. The molecule has 0 atom stereocenters. The number of nitrogen functional groups attached to an aromatic ring is 1. The van der Waals surface area contributed by atoms with Gasteiger partial charge in [-0.05, 0) is 41.5 Å². The topological polar surface area (TPSA) is 26.0 Å². The first-order chi connectivity index (χ1) is 8.06. The lowest BCUT2D eigenvalue weighted by molar-refractivity contribution is 0.151. The first kappa shape index (κ1) is 11.5. The van der Waals surface area contributed by atoms with Crippen molar-refractivity contribution in [3.8, 4) is 11.1 Å². The maximum Gasteiger partial charge on any atom is 0.263 e. The number of halogens is 3. The van der Waals surface area contributed by atoms with Crippen LogP contribution in [0.5, 0.6) is 0 Å². The van der Waals surface area contributed by atoms with Gasteiger partial charge in [0.15, 0.2) is 0 Å². The molecule has 2 aromatic rings. The van der Waals surface area contributed by atoms with Crippen molar-refractivity contribution in [3.05, 3.63) is 53.8 Å². The van der Waals surface area contributed by atoms with Crippen molar-refractivity contribution in [1.82, 2.24) is 0 Å². The predicted molar refractivity (Wildman–Crippen MR) is 61.2 cm³/mol. The Bertz CT molecular complexity index is 538. The molecule has 0 heterocycles. The third-order valence-electron chi connectivity index (χ3n) is 2.39. The molecule has 0 aliphatic rings. The molecule has 1 nitrogen and oxygen atoms in total. The van der Waals surface area contributed by atoms with Crippen molar-refractivity contribution in [2.24, 2.45) is 0 Å². The summed E-state index contributed by atoms with van der Waals surface area (Å²) < 4.78 is 38.2. The molecule has 0 fully saturated rings. The van der Waals surface area contributed by atoms with Crippen LogP contribution in [0.15, 0.2) is 42.5 Å². The maximum absolute atomic E-state index is 13.0. The summed E-state index contributed by atoms with van der Waals surface area (Å²) in [4.78, 5) is 0. The van der Waals surface area contributed by atoms with Gasteiger partial charge in [0.25, 0.3) is 6.43 Å². The summed E-state index contributed by atoms with van der Waals surface area (Å²) in [5, 5.41) is 0. The Morgan fingerprint density at radius 2 is 1.71 bits per heavy atom. The monoisotopic (exact) mass is 237 g/mol. The number of benzene rings is 2. The minimum atomic E-state index is -2.59. The van der Waals surface area contributed by atoms with Gasteiger partial charge >= 0.3 is 0 Å². The average molecular weight is 237 g/mol. The predicted octanol–water partition coefficient (Wildman–Crippen LogP) is 4.01. The highest BCUT2D eigenvalue weighted by Crippen LogP contribution is 2.28. The van der Waals surface area contributed by atoms with Crippen LogP contribution >= 0.6 is 0 Å². The summed E-state index contributed by atoms with van der Waals surface area (Å²) in [7, 11) is 0. The average Bonchev–Trinajstić information content (AvgIpc) is 2.28. The molecule has 4 heteroatoms. The SMILES string of the molecule is Nc1cc(-c2cccc(F)c2)cc(C(F)F)c1. The van der Waals surface area contributed by atoms with E-state index in [0.29, 0.717) is 11.1 Å². The number of hydrogen-bond donors (Lipinski definition) is 1. The number of hydrogen-bond acceptors (Lipinski definition) is 1. The van der Waals surface area contributed by atoms with E-state index >= 15 is 0 Å². The van der Waals surface area contributed by atoms with Gasteiger partial charge < -0.3 is 5.73 Å². The molecule has 0 aromatic heterocycles. The molecule has 17 heavy (non-hydrogen) atoms. The molecule has 2 aromatic carbocycles. The molecule has 2 N–H and O–H groups in total. The van der Waals surface area contributed by atoms with Crippen LogP contribution in [0.2, 0.25) is 0 Å². The van der Waals surface area contributed by atoms with Gasteiger partial charge in [0, 0.05) is 11.3 Å². The molecule has 0 bridgehead atoms. The standard InChI is InChI=1S/C13H10F3N/c14-11-3-1-2-8(5-11)9-4-10(13(15)16)7-12(17)6-9/h1-7,13H,17H2. The van der Waals surface area contributed by atoms with Gasteiger partial charge in [0.1, 0.15) is 5.82 Å². The fourth-order valence-electron chi connectivity index (χ4n) is 1.64. The van der Waals surface area contributed by atoms with E-state index in [2.05, 4.69) is 0 Å². The minimum absolute atomic E-state index is 0.163. The Morgan fingerprint density at radius 3 is 2.35 bits per heavy atom.